The van der Waals surface area contributed by atoms with Crippen LogP contribution < -0.4 is 5.32 Å². The van der Waals surface area contributed by atoms with Gasteiger partial charge in [0, 0.05) is 6.20 Å². The smallest absolute Gasteiger partial charge is 0.254 e. The number of nitrogens with one attached hydrogen (secondary N) is 1. The Morgan fingerprint density at radius 2 is 2.00 bits per heavy atom. The van der Waals surface area contributed by atoms with Crippen LogP contribution in [0.15, 0.2) is 78.7 Å². The maximum atomic E-state index is 12.5. The third kappa shape index (κ3) is 3.83. The van der Waals surface area contributed by atoms with E-state index in [1.54, 1.807) is 36.7 Å². The molecule has 1 amide bonds. The van der Waals surface area contributed by atoms with E-state index in [1.165, 1.54) is 6.08 Å². The molecular weight excluding hydrogens is 304 g/mol. The van der Waals surface area contributed by atoms with E-state index >= 15 is 0 Å². The largest absolute Gasteiger partial charge is 0.360 e. The Kier molecular flexibility index (Phi) is 4.93. The molecule has 5 nitrogen and oxygen atoms in total. The molecule has 1 aromatic heterocycles. The number of benzene rings is 1. The number of aromatic nitrogens is 1. The first kappa shape index (κ1) is 15.8. The molecule has 3 rings (SSSR count). The number of ketones is 1. The molecule has 1 aromatic carbocycles. The van der Waals surface area contributed by atoms with Crippen LogP contribution >= 0.6 is 0 Å². The first-order valence-corrected chi connectivity index (χ1v) is 7.53. The van der Waals surface area contributed by atoms with E-state index in [0.717, 1.165) is 5.56 Å². The summed E-state index contributed by atoms with van der Waals surface area (Å²) >= 11 is 0. The van der Waals surface area contributed by atoms with Gasteiger partial charge in [0.15, 0.2) is 11.9 Å². The van der Waals surface area contributed by atoms with Crippen molar-refractivity contribution in [2.75, 3.05) is 5.32 Å². The van der Waals surface area contributed by atoms with Crippen LogP contribution in [0, 0.1) is 0 Å². The van der Waals surface area contributed by atoms with Gasteiger partial charge in [0.25, 0.3) is 5.91 Å². The van der Waals surface area contributed by atoms with Crippen LogP contribution in [0.5, 0.6) is 0 Å². The topological polar surface area (TPSA) is 68.3 Å². The Hall–Kier alpha value is -3.05. The summed E-state index contributed by atoms with van der Waals surface area (Å²) in [7, 11) is 0. The van der Waals surface area contributed by atoms with E-state index in [4.69, 9.17) is 4.74 Å². The number of carbonyl (C=O) groups excluding carboxylic acids is 2. The molecule has 5 heteroatoms. The molecule has 120 valence electrons. The van der Waals surface area contributed by atoms with E-state index < -0.39 is 6.10 Å². The Morgan fingerprint density at radius 1 is 1.17 bits per heavy atom. The van der Waals surface area contributed by atoms with Gasteiger partial charge in [-0.2, -0.15) is 0 Å². The number of rotatable bonds is 5. The fourth-order valence-electron chi connectivity index (χ4n) is 2.34. The highest BCUT2D eigenvalue weighted by Crippen LogP contribution is 2.18. The molecule has 0 fully saturated rings. The van der Waals surface area contributed by atoms with Crippen LogP contribution in [0.25, 0.3) is 0 Å². The summed E-state index contributed by atoms with van der Waals surface area (Å²) in [5.41, 5.74) is 1.78. The van der Waals surface area contributed by atoms with Crippen molar-refractivity contribution in [3.05, 3.63) is 84.2 Å². The molecule has 0 bridgehead atoms. The van der Waals surface area contributed by atoms with Crippen LogP contribution in [0.1, 0.15) is 5.56 Å². The summed E-state index contributed by atoms with van der Waals surface area (Å²) in [6.45, 7) is 0.253. The zero-order valence-electron chi connectivity index (χ0n) is 12.9. The highest BCUT2D eigenvalue weighted by atomic mass is 16.5. The summed E-state index contributed by atoms with van der Waals surface area (Å²) in [4.78, 5) is 28.5. The molecule has 0 saturated carbocycles. The zero-order valence-corrected chi connectivity index (χ0v) is 12.9. The fraction of sp³-hybridized carbons (Fsp3) is 0.105. The van der Waals surface area contributed by atoms with Gasteiger partial charge in [0.1, 0.15) is 0 Å². The number of amides is 1. The van der Waals surface area contributed by atoms with Crippen molar-refractivity contribution < 1.29 is 14.3 Å². The molecule has 1 heterocycles. The Bertz CT molecular complexity index is 783. The van der Waals surface area contributed by atoms with Gasteiger partial charge in [-0.25, -0.2) is 0 Å². The van der Waals surface area contributed by atoms with Gasteiger partial charge in [0.2, 0.25) is 0 Å². The second-order valence-electron chi connectivity index (χ2n) is 5.26. The van der Waals surface area contributed by atoms with E-state index in [9.17, 15) is 9.59 Å². The molecular formula is C19H16N2O3. The average Bonchev–Trinajstić information content (AvgIpc) is 2.62. The maximum Gasteiger partial charge on any atom is 0.254 e. The highest BCUT2D eigenvalue weighted by molar-refractivity contribution is 6.12. The van der Waals surface area contributed by atoms with Crippen LogP contribution in [-0.4, -0.2) is 22.8 Å². The molecule has 2 aromatic rings. The van der Waals surface area contributed by atoms with Gasteiger partial charge in [-0.1, -0.05) is 42.5 Å². The quantitative estimate of drug-likeness (QED) is 0.919. The van der Waals surface area contributed by atoms with E-state index in [1.807, 2.05) is 30.3 Å². The van der Waals surface area contributed by atoms with Crippen molar-refractivity contribution in [2.45, 2.75) is 12.7 Å². The lowest BCUT2D eigenvalue weighted by Crippen LogP contribution is -2.33. The number of anilines is 1. The molecule has 0 radical (unpaired) electrons. The van der Waals surface area contributed by atoms with Gasteiger partial charge in [0.05, 0.1) is 24.1 Å². The molecule has 0 saturated heterocycles. The molecule has 24 heavy (non-hydrogen) atoms. The van der Waals surface area contributed by atoms with Crippen molar-refractivity contribution in [1.29, 1.82) is 0 Å². The fourth-order valence-corrected chi connectivity index (χ4v) is 2.34. The third-order valence-electron chi connectivity index (χ3n) is 3.52. The lowest BCUT2D eigenvalue weighted by Gasteiger charge is -2.20. The summed E-state index contributed by atoms with van der Waals surface area (Å²) in [6.07, 6.45) is 6.82. The number of allylic oxidation sites excluding steroid dienone is 2. The standard InChI is InChI=1S/C19H16N2O3/c22-17-10-4-9-16(19(23)21-15-8-5-11-20-12-15)18(17)24-13-14-6-2-1-3-7-14/h1-12,18H,13H2,(H,21,23). The highest BCUT2D eigenvalue weighted by Gasteiger charge is 2.29. The maximum absolute atomic E-state index is 12.5. The molecule has 1 N–H and O–H groups in total. The minimum absolute atomic E-state index is 0.246. The SMILES string of the molecule is O=C(Nc1cccnc1)C1=CC=CC(=O)C1OCc1ccccc1. The summed E-state index contributed by atoms with van der Waals surface area (Å²) in [6, 6.07) is 13.0. The van der Waals surface area contributed by atoms with Crippen LogP contribution in [-0.2, 0) is 20.9 Å². The first-order valence-electron chi connectivity index (χ1n) is 7.53. The molecule has 1 aliphatic rings. The van der Waals surface area contributed by atoms with Gasteiger partial charge < -0.3 is 10.1 Å². The monoisotopic (exact) mass is 320 g/mol. The number of nitrogens with zero attached hydrogens (tertiary/aromatic N) is 1. The Balaban J connectivity index is 1.71. The normalized spacial score (nSPS) is 16.6. The zero-order chi connectivity index (χ0) is 16.8. The number of hydrogen-bond acceptors (Lipinski definition) is 4. The van der Waals surface area contributed by atoms with Crippen molar-refractivity contribution in [3.8, 4) is 0 Å². The van der Waals surface area contributed by atoms with E-state index in [-0.39, 0.29) is 23.9 Å². The lowest BCUT2D eigenvalue weighted by molar-refractivity contribution is -0.127. The number of carbonyl (C=O) groups is 2. The van der Waals surface area contributed by atoms with Crippen molar-refractivity contribution in [2.24, 2.45) is 0 Å². The number of hydrogen-bond donors (Lipinski definition) is 1. The van der Waals surface area contributed by atoms with Crippen LogP contribution in [0.4, 0.5) is 5.69 Å². The second kappa shape index (κ2) is 7.48. The molecule has 1 aliphatic carbocycles. The van der Waals surface area contributed by atoms with Crippen molar-refractivity contribution in [3.63, 3.8) is 0 Å². The molecule has 0 aliphatic heterocycles. The number of pyridine rings is 1. The van der Waals surface area contributed by atoms with E-state index in [2.05, 4.69) is 10.3 Å². The van der Waals surface area contributed by atoms with Crippen LogP contribution in [0.2, 0.25) is 0 Å². The number of ether oxygens (including phenoxy) is 1. The first-order chi connectivity index (χ1) is 11.7. The molecule has 1 unspecified atom stereocenters. The summed E-state index contributed by atoms with van der Waals surface area (Å²) in [5.74, 6) is -0.622. The third-order valence-corrected chi connectivity index (χ3v) is 3.52. The summed E-state index contributed by atoms with van der Waals surface area (Å²) in [5, 5.41) is 2.72. The van der Waals surface area contributed by atoms with Gasteiger partial charge in [-0.05, 0) is 23.8 Å². The van der Waals surface area contributed by atoms with Gasteiger partial charge in [-0.15, -0.1) is 0 Å². The molecule has 0 spiro atoms. The minimum Gasteiger partial charge on any atom is -0.360 e. The van der Waals surface area contributed by atoms with Gasteiger partial charge >= 0.3 is 0 Å². The Labute approximate surface area is 139 Å². The van der Waals surface area contributed by atoms with Gasteiger partial charge in [-0.3, -0.25) is 14.6 Å². The predicted octanol–water partition coefficient (Wildman–Crippen LogP) is 2.67. The second-order valence-corrected chi connectivity index (χ2v) is 5.26. The summed E-state index contributed by atoms with van der Waals surface area (Å²) < 4.78 is 5.71. The van der Waals surface area contributed by atoms with Crippen molar-refractivity contribution >= 4 is 17.4 Å². The molecule has 1 atom stereocenters. The Morgan fingerprint density at radius 3 is 2.75 bits per heavy atom. The lowest BCUT2D eigenvalue weighted by atomic mass is 9.99. The average molecular weight is 320 g/mol. The van der Waals surface area contributed by atoms with Crippen molar-refractivity contribution in [1.82, 2.24) is 4.98 Å². The predicted molar refractivity (Wildman–Crippen MR) is 90.1 cm³/mol. The minimum atomic E-state index is -0.910. The van der Waals surface area contributed by atoms with Crippen LogP contribution in [0.3, 0.4) is 0 Å². The van der Waals surface area contributed by atoms with E-state index in [0.29, 0.717) is 5.69 Å².